The fourth-order valence-corrected chi connectivity index (χ4v) is 6.03. The van der Waals surface area contributed by atoms with E-state index in [1.807, 2.05) is 31.5 Å². The number of nitrogens with zero attached hydrogens (tertiary/aromatic N) is 4. The van der Waals surface area contributed by atoms with Gasteiger partial charge in [-0.25, -0.2) is 0 Å². The topological polar surface area (TPSA) is 54.5 Å². The van der Waals surface area contributed by atoms with Crippen molar-refractivity contribution in [2.45, 2.75) is 39.0 Å². The Morgan fingerprint density at radius 3 is 2.44 bits per heavy atom. The van der Waals surface area contributed by atoms with Gasteiger partial charge in [0.25, 0.3) is 0 Å². The molecule has 2 aliphatic heterocycles. The van der Waals surface area contributed by atoms with Crippen molar-refractivity contribution in [3.63, 3.8) is 0 Å². The van der Waals surface area contributed by atoms with Gasteiger partial charge in [-0.05, 0) is 80.0 Å². The van der Waals surface area contributed by atoms with Crippen molar-refractivity contribution in [3.05, 3.63) is 107 Å². The quantitative estimate of drug-likeness (QED) is 0.263. The lowest BCUT2D eigenvalue weighted by molar-refractivity contribution is 0.529. The minimum atomic E-state index is 0.664. The third-order valence-electron chi connectivity index (χ3n) is 7.98. The summed E-state index contributed by atoms with van der Waals surface area (Å²) in [6.07, 6.45) is 9.25. The first kappa shape index (κ1) is 23.8. The van der Waals surface area contributed by atoms with Crippen LogP contribution < -0.4 is 10.5 Å². The van der Waals surface area contributed by atoms with Gasteiger partial charge in [0.05, 0.1) is 11.4 Å². The molecular weight excluding hydrogens is 480 g/mol. The van der Waals surface area contributed by atoms with Crippen LogP contribution in [0.1, 0.15) is 35.1 Å². The third kappa shape index (κ3) is 4.63. The van der Waals surface area contributed by atoms with Crippen LogP contribution in [0, 0.1) is 6.92 Å². The number of benzene rings is 2. The minimum absolute atomic E-state index is 0.664. The van der Waals surface area contributed by atoms with Crippen LogP contribution in [-0.2, 0) is 19.3 Å². The molecule has 0 radical (unpaired) electrons. The molecule has 5 aromatic rings. The number of hydrogen-bond acceptors (Lipinski definition) is 5. The molecule has 0 aliphatic carbocycles. The van der Waals surface area contributed by atoms with Crippen LogP contribution in [0.4, 0.5) is 5.69 Å². The number of aromatic nitrogens is 2. The van der Waals surface area contributed by atoms with Crippen LogP contribution >= 0.6 is 0 Å². The lowest BCUT2D eigenvalue weighted by Crippen LogP contribution is -2.34. The van der Waals surface area contributed by atoms with Gasteiger partial charge in [0.15, 0.2) is 0 Å². The Morgan fingerprint density at radius 2 is 1.67 bits per heavy atom. The number of rotatable bonds is 5. The number of fused-ring (bicyclic) bond motifs is 2. The van der Waals surface area contributed by atoms with Crippen molar-refractivity contribution in [2.24, 2.45) is 4.99 Å². The molecule has 2 aromatic carbocycles. The van der Waals surface area contributed by atoms with Crippen LogP contribution in [0.25, 0.3) is 33.5 Å². The Labute approximate surface area is 228 Å². The van der Waals surface area contributed by atoms with E-state index in [9.17, 15) is 0 Å². The highest BCUT2D eigenvalue weighted by molar-refractivity contribution is 5.90. The van der Waals surface area contributed by atoms with E-state index in [4.69, 9.17) is 14.4 Å². The Morgan fingerprint density at radius 1 is 0.872 bits per heavy atom. The van der Waals surface area contributed by atoms with Crippen LogP contribution in [0.2, 0.25) is 0 Å². The maximum absolute atomic E-state index is 6.75. The second-order valence-electron chi connectivity index (χ2n) is 10.7. The fourth-order valence-electron chi connectivity index (χ4n) is 6.03. The number of aryl methyl sites for hydroxylation is 3. The Hall–Kier alpha value is -4.25. The van der Waals surface area contributed by atoms with E-state index >= 15 is 0 Å². The van der Waals surface area contributed by atoms with Gasteiger partial charge >= 0.3 is 0 Å². The number of anilines is 1. The molecule has 0 spiro atoms. The molecule has 2 aliphatic rings. The molecule has 39 heavy (non-hydrogen) atoms. The van der Waals surface area contributed by atoms with Crippen molar-refractivity contribution in [1.29, 1.82) is 0 Å². The average molecular weight is 513 g/mol. The fraction of sp³-hybridized carbons (Fsp3) is 0.265. The molecule has 7 rings (SSSR count). The van der Waals surface area contributed by atoms with Gasteiger partial charge in [0, 0.05) is 59.8 Å². The molecule has 5 heterocycles. The highest BCUT2D eigenvalue weighted by Crippen LogP contribution is 2.40. The molecule has 194 valence electrons. The summed E-state index contributed by atoms with van der Waals surface area (Å²) in [6.45, 7) is 5.00. The molecule has 0 N–H and O–H groups in total. The van der Waals surface area contributed by atoms with E-state index in [0.29, 0.717) is 12.1 Å². The summed E-state index contributed by atoms with van der Waals surface area (Å²) < 4.78 is 6.75. The summed E-state index contributed by atoms with van der Waals surface area (Å²) >= 11 is 0. The molecule has 3 aromatic heterocycles. The van der Waals surface area contributed by atoms with Crippen LogP contribution in [0.5, 0.6) is 0 Å². The van der Waals surface area contributed by atoms with E-state index in [-0.39, 0.29) is 0 Å². The predicted molar refractivity (Wildman–Crippen MR) is 157 cm³/mol. The van der Waals surface area contributed by atoms with Gasteiger partial charge in [0.2, 0.25) is 5.55 Å². The largest absolute Gasteiger partial charge is 0.438 e. The molecular formula is C34H32N4O. The predicted octanol–water partition coefficient (Wildman–Crippen LogP) is 6.71. The standard InChI is InChI=1S/C34H32N4O/c1-23-11-13-30(36-21-23)31-14-12-26(22-37-31)29-20-27-19-25-9-5-17-38-18-6-10-28(32(25)38)33(27)39-34(29)35-16-15-24-7-3-2-4-8-24/h2-4,7-8,11-14,19-22H,5-6,9-10,15-18H2,1H3. The van der Waals surface area contributed by atoms with E-state index < -0.39 is 0 Å². The molecule has 0 saturated heterocycles. The summed E-state index contributed by atoms with van der Waals surface area (Å²) in [5, 5.41) is 1.16. The van der Waals surface area contributed by atoms with E-state index in [2.05, 4.69) is 64.5 Å². The van der Waals surface area contributed by atoms with Gasteiger partial charge in [-0.15, -0.1) is 0 Å². The maximum atomic E-state index is 6.75. The second-order valence-corrected chi connectivity index (χ2v) is 10.7. The monoisotopic (exact) mass is 512 g/mol. The van der Waals surface area contributed by atoms with Crippen molar-refractivity contribution in [2.75, 3.05) is 24.5 Å². The van der Waals surface area contributed by atoms with Gasteiger partial charge in [0.1, 0.15) is 5.58 Å². The molecule has 0 amide bonds. The lowest BCUT2D eigenvalue weighted by Gasteiger charge is -2.37. The smallest absolute Gasteiger partial charge is 0.222 e. The van der Waals surface area contributed by atoms with Crippen LogP contribution in [0.15, 0.2) is 88.5 Å². The Bertz CT molecular complexity index is 1700. The summed E-state index contributed by atoms with van der Waals surface area (Å²) in [6, 6.07) is 23.4. The molecule has 0 saturated carbocycles. The van der Waals surface area contributed by atoms with E-state index in [0.717, 1.165) is 71.4 Å². The van der Waals surface area contributed by atoms with Crippen LogP contribution in [0.3, 0.4) is 0 Å². The molecule has 0 bridgehead atoms. The number of hydrogen-bond donors (Lipinski definition) is 0. The zero-order valence-electron chi connectivity index (χ0n) is 22.4. The van der Waals surface area contributed by atoms with Crippen molar-refractivity contribution in [3.8, 4) is 22.5 Å². The highest BCUT2D eigenvalue weighted by Gasteiger charge is 2.27. The molecule has 5 heteroatoms. The highest BCUT2D eigenvalue weighted by atomic mass is 16.3. The summed E-state index contributed by atoms with van der Waals surface area (Å²) in [5.41, 5.74) is 12.1. The zero-order valence-corrected chi connectivity index (χ0v) is 22.4. The summed E-state index contributed by atoms with van der Waals surface area (Å²) in [4.78, 5) is 16.9. The zero-order chi connectivity index (χ0) is 26.2. The second kappa shape index (κ2) is 10.1. The van der Waals surface area contributed by atoms with Gasteiger partial charge < -0.3 is 9.32 Å². The summed E-state index contributed by atoms with van der Waals surface area (Å²) in [7, 11) is 0. The molecule has 0 fully saturated rings. The van der Waals surface area contributed by atoms with E-state index in [1.165, 1.54) is 35.2 Å². The van der Waals surface area contributed by atoms with Gasteiger partial charge in [-0.2, -0.15) is 0 Å². The number of pyridine rings is 2. The first-order valence-electron chi connectivity index (χ1n) is 14.0. The van der Waals surface area contributed by atoms with Gasteiger partial charge in [-0.3, -0.25) is 15.0 Å². The van der Waals surface area contributed by atoms with Crippen LogP contribution in [-0.4, -0.2) is 29.6 Å². The normalized spacial score (nSPS) is 15.0. The third-order valence-corrected chi connectivity index (χ3v) is 7.98. The molecule has 0 atom stereocenters. The van der Waals surface area contributed by atoms with Crippen molar-refractivity contribution in [1.82, 2.24) is 9.97 Å². The minimum Gasteiger partial charge on any atom is -0.438 e. The maximum Gasteiger partial charge on any atom is 0.222 e. The Balaban J connectivity index is 1.34. The van der Waals surface area contributed by atoms with E-state index in [1.54, 1.807) is 0 Å². The molecule has 0 unspecified atom stereocenters. The Kier molecular flexibility index (Phi) is 6.20. The first-order valence-corrected chi connectivity index (χ1v) is 14.0. The SMILES string of the molecule is Cc1ccc(-c2ccc(-c3cc4cc5c6c(c4oc3=NCCc3ccccc3)CCCN6CCC5)cn2)nc1. The molecule has 5 nitrogen and oxygen atoms in total. The average Bonchev–Trinajstić information content (AvgIpc) is 2.98. The first-order chi connectivity index (χ1) is 19.2. The van der Waals surface area contributed by atoms with Crippen molar-refractivity contribution < 1.29 is 4.42 Å². The summed E-state index contributed by atoms with van der Waals surface area (Å²) in [5.74, 6) is 0. The van der Waals surface area contributed by atoms with Crippen molar-refractivity contribution >= 4 is 16.7 Å². The lowest BCUT2D eigenvalue weighted by atomic mass is 9.89. The van der Waals surface area contributed by atoms with Gasteiger partial charge in [-0.1, -0.05) is 42.5 Å².